The average molecular weight is 360 g/mol. The van der Waals surface area contributed by atoms with Crippen molar-refractivity contribution >= 4 is 12.0 Å². The van der Waals surface area contributed by atoms with Crippen molar-refractivity contribution in [2.75, 3.05) is 0 Å². The second-order valence-electron chi connectivity index (χ2n) is 6.23. The zero-order chi connectivity index (χ0) is 18.7. The molecule has 3 N–H and O–H groups in total. The lowest BCUT2D eigenvalue weighted by Crippen LogP contribution is -2.39. The molecule has 0 bridgehead atoms. The van der Waals surface area contributed by atoms with E-state index in [1.54, 1.807) is 12.1 Å². The predicted molar refractivity (Wildman–Crippen MR) is 90.8 cm³/mol. The molecule has 26 heavy (non-hydrogen) atoms. The number of hydrogen-bond donors (Lipinski definition) is 3. The second kappa shape index (κ2) is 7.51. The zero-order valence-electron chi connectivity index (χ0n) is 13.9. The van der Waals surface area contributed by atoms with Crippen LogP contribution in [0.4, 0.5) is 13.6 Å². The molecule has 0 fully saturated rings. The van der Waals surface area contributed by atoms with Crippen LogP contribution in [0.3, 0.4) is 0 Å². The summed E-state index contributed by atoms with van der Waals surface area (Å²) in [6, 6.07) is 7.39. The van der Waals surface area contributed by atoms with E-state index in [-0.39, 0.29) is 12.1 Å². The first kappa shape index (κ1) is 17.8. The third-order valence-electron chi connectivity index (χ3n) is 4.45. The molecule has 2 aromatic rings. The van der Waals surface area contributed by atoms with Crippen molar-refractivity contribution < 1.29 is 23.5 Å². The molecule has 0 heterocycles. The fraction of sp³-hybridized carbons (Fsp3) is 0.263. The highest BCUT2D eigenvalue weighted by atomic mass is 19.1. The number of rotatable bonds is 4. The molecule has 0 unspecified atom stereocenters. The third kappa shape index (κ3) is 3.99. The number of urea groups is 1. The highest BCUT2D eigenvalue weighted by Gasteiger charge is 2.25. The van der Waals surface area contributed by atoms with Gasteiger partial charge in [-0.15, -0.1) is 0 Å². The van der Waals surface area contributed by atoms with Crippen molar-refractivity contribution in [2.24, 2.45) is 0 Å². The number of amides is 2. The molecule has 0 aromatic heterocycles. The summed E-state index contributed by atoms with van der Waals surface area (Å²) in [4.78, 5) is 23.0. The van der Waals surface area contributed by atoms with E-state index in [1.165, 1.54) is 18.2 Å². The first-order valence-corrected chi connectivity index (χ1v) is 8.28. The highest BCUT2D eigenvalue weighted by Crippen LogP contribution is 2.32. The van der Waals surface area contributed by atoms with Crippen molar-refractivity contribution in [2.45, 2.75) is 31.8 Å². The number of halogens is 2. The van der Waals surface area contributed by atoms with Crippen molar-refractivity contribution in [3.63, 3.8) is 0 Å². The number of carbonyl (C=O) groups excluding carboxylic acids is 1. The summed E-state index contributed by atoms with van der Waals surface area (Å²) in [5.74, 6) is -2.25. The Labute approximate surface area is 149 Å². The molecule has 0 radical (unpaired) electrons. The van der Waals surface area contributed by atoms with Gasteiger partial charge < -0.3 is 15.7 Å². The molecule has 2 amide bonds. The van der Waals surface area contributed by atoms with Gasteiger partial charge in [0.1, 0.15) is 11.6 Å². The monoisotopic (exact) mass is 360 g/mol. The van der Waals surface area contributed by atoms with Gasteiger partial charge in [-0.3, -0.25) is 0 Å². The largest absolute Gasteiger partial charge is 0.478 e. The van der Waals surface area contributed by atoms with Crippen LogP contribution in [0.25, 0.3) is 0 Å². The zero-order valence-corrected chi connectivity index (χ0v) is 13.9. The maximum Gasteiger partial charge on any atom is 0.335 e. The SMILES string of the molecule is O=C(NCc1ccc(C(=O)O)cc1)N[C@H]1CCCc2c(F)cc(F)cc21. The molecule has 0 aliphatic heterocycles. The lowest BCUT2D eigenvalue weighted by Gasteiger charge is -2.27. The van der Waals surface area contributed by atoms with Crippen LogP contribution in [0.5, 0.6) is 0 Å². The van der Waals surface area contributed by atoms with Crippen LogP contribution < -0.4 is 10.6 Å². The van der Waals surface area contributed by atoms with E-state index in [2.05, 4.69) is 10.6 Å². The van der Waals surface area contributed by atoms with Gasteiger partial charge in [-0.25, -0.2) is 18.4 Å². The number of hydrogen-bond acceptors (Lipinski definition) is 2. The van der Waals surface area contributed by atoms with E-state index in [0.29, 0.717) is 30.4 Å². The Balaban J connectivity index is 1.62. The summed E-state index contributed by atoms with van der Waals surface area (Å²) in [6.07, 6.45) is 1.84. The summed E-state index contributed by atoms with van der Waals surface area (Å²) in [5, 5.41) is 14.3. The van der Waals surface area contributed by atoms with Crippen molar-refractivity contribution in [1.29, 1.82) is 0 Å². The van der Waals surface area contributed by atoms with Gasteiger partial charge >= 0.3 is 12.0 Å². The smallest absolute Gasteiger partial charge is 0.335 e. The molecule has 7 heteroatoms. The number of carboxylic acids is 1. The highest BCUT2D eigenvalue weighted by molar-refractivity contribution is 5.87. The molecule has 1 aliphatic rings. The number of aromatic carboxylic acids is 1. The van der Waals surface area contributed by atoms with Crippen LogP contribution in [0, 0.1) is 11.6 Å². The standard InChI is InChI=1S/C19H18F2N2O3/c20-13-8-15-14(16(21)9-13)2-1-3-17(15)23-19(26)22-10-11-4-6-12(7-5-11)18(24)25/h4-9,17H,1-3,10H2,(H,24,25)(H2,22,23,26)/t17-/m0/s1. The van der Waals surface area contributed by atoms with Gasteiger partial charge in [0.25, 0.3) is 0 Å². The molecule has 1 aliphatic carbocycles. The Kier molecular flexibility index (Phi) is 5.16. The quantitative estimate of drug-likeness (QED) is 0.780. The van der Waals surface area contributed by atoms with Gasteiger partial charge in [0, 0.05) is 12.6 Å². The van der Waals surface area contributed by atoms with E-state index >= 15 is 0 Å². The lowest BCUT2D eigenvalue weighted by molar-refractivity contribution is 0.0697. The number of nitrogens with one attached hydrogen (secondary N) is 2. The second-order valence-corrected chi connectivity index (χ2v) is 6.23. The topological polar surface area (TPSA) is 78.4 Å². The van der Waals surface area contributed by atoms with Crippen LogP contribution in [-0.4, -0.2) is 17.1 Å². The van der Waals surface area contributed by atoms with E-state index in [1.807, 2.05) is 0 Å². The summed E-state index contributed by atoms with van der Waals surface area (Å²) < 4.78 is 27.4. The van der Waals surface area contributed by atoms with Crippen molar-refractivity contribution in [1.82, 2.24) is 10.6 Å². The Hall–Kier alpha value is -2.96. The molecule has 2 aromatic carbocycles. The van der Waals surface area contributed by atoms with E-state index < -0.39 is 29.7 Å². The van der Waals surface area contributed by atoms with E-state index in [0.717, 1.165) is 11.6 Å². The molecule has 0 saturated heterocycles. The first-order valence-electron chi connectivity index (χ1n) is 8.28. The Morgan fingerprint density at radius 1 is 1.15 bits per heavy atom. The van der Waals surface area contributed by atoms with Crippen LogP contribution in [0.15, 0.2) is 36.4 Å². The lowest BCUT2D eigenvalue weighted by atomic mass is 9.87. The maximum absolute atomic E-state index is 13.9. The van der Waals surface area contributed by atoms with Crippen molar-refractivity contribution in [3.8, 4) is 0 Å². The van der Waals surface area contributed by atoms with Crippen LogP contribution in [0.1, 0.15) is 45.9 Å². The predicted octanol–water partition coefficient (Wildman–Crippen LogP) is 3.54. The minimum Gasteiger partial charge on any atom is -0.478 e. The fourth-order valence-electron chi connectivity index (χ4n) is 3.14. The van der Waals surface area contributed by atoms with Gasteiger partial charge in [0.05, 0.1) is 11.6 Å². The fourth-order valence-corrected chi connectivity index (χ4v) is 3.14. The third-order valence-corrected chi connectivity index (χ3v) is 4.45. The number of carbonyl (C=O) groups is 2. The normalized spacial score (nSPS) is 15.8. The minimum atomic E-state index is -1.02. The summed E-state index contributed by atoms with van der Waals surface area (Å²) in [6.45, 7) is 0.211. The summed E-state index contributed by atoms with van der Waals surface area (Å²) in [5.41, 5.74) is 1.84. The number of benzene rings is 2. The van der Waals surface area contributed by atoms with Crippen LogP contribution >= 0.6 is 0 Å². The molecule has 0 spiro atoms. The van der Waals surface area contributed by atoms with E-state index in [4.69, 9.17) is 5.11 Å². The maximum atomic E-state index is 13.9. The molecule has 0 saturated carbocycles. The Morgan fingerprint density at radius 3 is 2.58 bits per heavy atom. The van der Waals surface area contributed by atoms with Crippen LogP contribution in [0.2, 0.25) is 0 Å². The molecule has 5 nitrogen and oxygen atoms in total. The van der Waals surface area contributed by atoms with Gasteiger partial charge in [-0.2, -0.15) is 0 Å². The number of carboxylic acid groups (broad SMARTS) is 1. The van der Waals surface area contributed by atoms with Gasteiger partial charge in [-0.05, 0) is 54.2 Å². The first-order chi connectivity index (χ1) is 12.4. The van der Waals surface area contributed by atoms with Crippen LogP contribution in [-0.2, 0) is 13.0 Å². The Bertz CT molecular complexity index is 837. The van der Waals surface area contributed by atoms with E-state index in [9.17, 15) is 18.4 Å². The molecular weight excluding hydrogens is 342 g/mol. The minimum absolute atomic E-state index is 0.168. The number of fused-ring (bicyclic) bond motifs is 1. The summed E-state index contributed by atoms with van der Waals surface area (Å²) in [7, 11) is 0. The molecule has 1 atom stereocenters. The molecule has 3 rings (SSSR count). The van der Waals surface area contributed by atoms with Gasteiger partial charge in [0.15, 0.2) is 0 Å². The summed E-state index contributed by atoms with van der Waals surface area (Å²) >= 11 is 0. The Morgan fingerprint density at radius 2 is 1.88 bits per heavy atom. The average Bonchev–Trinajstić information content (AvgIpc) is 2.61. The molecule has 136 valence electrons. The molecular formula is C19H18F2N2O3. The van der Waals surface area contributed by atoms with Gasteiger partial charge in [0.2, 0.25) is 0 Å². The van der Waals surface area contributed by atoms with Gasteiger partial charge in [-0.1, -0.05) is 12.1 Å². The van der Waals surface area contributed by atoms with Crippen molar-refractivity contribution in [3.05, 3.63) is 70.3 Å².